The molecule has 0 aliphatic carbocycles. The predicted octanol–water partition coefficient (Wildman–Crippen LogP) is 3.36. The van der Waals surface area contributed by atoms with Gasteiger partial charge in [0.2, 0.25) is 0 Å². The highest BCUT2D eigenvalue weighted by Gasteiger charge is 2.27. The number of ether oxygens (including phenoxy) is 1. The lowest BCUT2D eigenvalue weighted by Crippen LogP contribution is -2.49. The molecule has 0 unspecified atom stereocenters. The summed E-state index contributed by atoms with van der Waals surface area (Å²) in [4.78, 5) is 29.8. The third kappa shape index (κ3) is 3.77. The van der Waals surface area contributed by atoms with Gasteiger partial charge < -0.3 is 14.5 Å². The molecule has 29 heavy (non-hydrogen) atoms. The number of carbonyl (C=O) groups is 2. The lowest BCUT2D eigenvalue weighted by molar-refractivity contribution is 0.0742. The Kier molecular flexibility index (Phi) is 5.13. The average Bonchev–Trinajstić information content (AvgIpc) is 3.13. The van der Waals surface area contributed by atoms with Crippen molar-refractivity contribution in [3.05, 3.63) is 58.9 Å². The number of piperazine rings is 1. The molecular formula is C22H24FN3O3. The van der Waals surface area contributed by atoms with Crippen LogP contribution in [0.3, 0.4) is 0 Å². The van der Waals surface area contributed by atoms with Gasteiger partial charge in [0, 0.05) is 31.9 Å². The first kappa shape index (κ1) is 19.2. The molecule has 2 aliphatic heterocycles. The molecule has 6 nitrogen and oxygen atoms in total. The smallest absolute Gasteiger partial charge is 0.414 e. The van der Waals surface area contributed by atoms with Crippen molar-refractivity contribution >= 4 is 23.4 Å². The molecule has 0 atom stereocenters. The summed E-state index contributed by atoms with van der Waals surface area (Å²) in [5, 5.41) is 0. The van der Waals surface area contributed by atoms with E-state index in [1.54, 1.807) is 11.0 Å². The summed E-state index contributed by atoms with van der Waals surface area (Å²) in [6, 6.07) is 10.6. The third-order valence-electron chi connectivity index (χ3n) is 5.52. The molecule has 2 aromatic carbocycles. The molecule has 0 bridgehead atoms. The summed E-state index contributed by atoms with van der Waals surface area (Å²) in [7, 11) is 0. The van der Waals surface area contributed by atoms with E-state index in [0.717, 1.165) is 0 Å². The van der Waals surface area contributed by atoms with Crippen LogP contribution in [-0.2, 0) is 4.74 Å². The number of cyclic esters (lactones) is 1. The number of nitrogens with zero attached hydrogens (tertiary/aromatic N) is 3. The van der Waals surface area contributed by atoms with Gasteiger partial charge in [-0.15, -0.1) is 0 Å². The van der Waals surface area contributed by atoms with Gasteiger partial charge in [-0.05, 0) is 43.7 Å². The van der Waals surface area contributed by atoms with Crippen molar-refractivity contribution in [2.75, 3.05) is 49.1 Å². The minimum atomic E-state index is -0.621. The SMILES string of the molecule is Cc1ccc(N2CCN(C(=O)c3ccc(N4CCOC4=O)cc3F)CC2)c(C)c1. The van der Waals surface area contributed by atoms with E-state index in [0.29, 0.717) is 38.4 Å². The molecule has 0 radical (unpaired) electrons. The molecule has 2 fully saturated rings. The van der Waals surface area contributed by atoms with E-state index in [4.69, 9.17) is 4.74 Å². The first-order chi connectivity index (χ1) is 13.9. The van der Waals surface area contributed by atoms with Gasteiger partial charge in [0.05, 0.1) is 17.8 Å². The molecule has 2 saturated heterocycles. The highest BCUT2D eigenvalue weighted by Crippen LogP contribution is 2.25. The maximum atomic E-state index is 14.6. The number of amides is 2. The topological polar surface area (TPSA) is 53.1 Å². The van der Waals surface area contributed by atoms with Crippen molar-refractivity contribution in [3.63, 3.8) is 0 Å². The summed E-state index contributed by atoms with van der Waals surface area (Å²) < 4.78 is 19.5. The molecule has 2 aromatic rings. The second-order valence-electron chi connectivity index (χ2n) is 7.50. The lowest BCUT2D eigenvalue weighted by Gasteiger charge is -2.37. The molecule has 0 N–H and O–H groups in total. The molecule has 2 amide bonds. The van der Waals surface area contributed by atoms with Crippen LogP contribution in [0.15, 0.2) is 36.4 Å². The number of benzene rings is 2. The average molecular weight is 397 g/mol. The highest BCUT2D eigenvalue weighted by molar-refractivity contribution is 5.96. The van der Waals surface area contributed by atoms with Crippen molar-refractivity contribution in [2.45, 2.75) is 13.8 Å². The van der Waals surface area contributed by atoms with Gasteiger partial charge in [-0.1, -0.05) is 17.7 Å². The molecule has 0 saturated carbocycles. The molecule has 2 heterocycles. The Hall–Kier alpha value is -3.09. The largest absolute Gasteiger partial charge is 0.447 e. The monoisotopic (exact) mass is 397 g/mol. The number of halogens is 1. The van der Waals surface area contributed by atoms with Gasteiger partial charge >= 0.3 is 6.09 Å². The van der Waals surface area contributed by atoms with Crippen LogP contribution in [0, 0.1) is 19.7 Å². The van der Waals surface area contributed by atoms with Crippen LogP contribution in [-0.4, -0.2) is 56.2 Å². The minimum absolute atomic E-state index is 0.0290. The molecule has 152 valence electrons. The van der Waals surface area contributed by atoms with Crippen LogP contribution >= 0.6 is 0 Å². The molecular weight excluding hydrogens is 373 g/mol. The number of carbonyl (C=O) groups excluding carboxylic acids is 2. The van der Waals surface area contributed by atoms with Gasteiger partial charge in [-0.25, -0.2) is 9.18 Å². The molecule has 7 heteroatoms. The minimum Gasteiger partial charge on any atom is -0.447 e. The van der Waals surface area contributed by atoms with Crippen molar-refractivity contribution in [1.82, 2.24) is 4.90 Å². The molecule has 0 aromatic heterocycles. The first-order valence-corrected chi connectivity index (χ1v) is 9.79. The van der Waals surface area contributed by atoms with Crippen LogP contribution in [0.25, 0.3) is 0 Å². The van der Waals surface area contributed by atoms with Crippen LogP contribution in [0.2, 0.25) is 0 Å². The normalized spacial score (nSPS) is 16.9. The van der Waals surface area contributed by atoms with Crippen molar-refractivity contribution in [2.24, 2.45) is 0 Å². The Balaban J connectivity index is 1.43. The Bertz CT molecular complexity index is 954. The zero-order chi connectivity index (χ0) is 20.5. The third-order valence-corrected chi connectivity index (χ3v) is 5.52. The Labute approximate surface area is 169 Å². The van der Waals surface area contributed by atoms with Crippen LogP contribution in [0.4, 0.5) is 20.6 Å². The molecule has 0 spiro atoms. The fraction of sp³-hybridized carbons (Fsp3) is 0.364. The molecule has 4 rings (SSSR count). The van der Waals surface area contributed by atoms with Crippen LogP contribution in [0.5, 0.6) is 0 Å². The number of anilines is 2. The van der Waals surface area contributed by atoms with E-state index in [1.165, 1.54) is 33.8 Å². The van der Waals surface area contributed by atoms with E-state index >= 15 is 0 Å². The maximum Gasteiger partial charge on any atom is 0.414 e. The predicted molar refractivity (Wildman–Crippen MR) is 109 cm³/mol. The maximum absolute atomic E-state index is 14.6. The summed E-state index contributed by atoms with van der Waals surface area (Å²) in [5.41, 5.74) is 4.05. The number of hydrogen-bond donors (Lipinski definition) is 0. The highest BCUT2D eigenvalue weighted by atomic mass is 19.1. The van der Waals surface area contributed by atoms with Crippen molar-refractivity contribution in [3.8, 4) is 0 Å². The van der Waals surface area contributed by atoms with Crippen LogP contribution < -0.4 is 9.80 Å². The fourth-order valence-corrected chi connectivity index (χ4v) is 3.95. The summed E-state index contributed by atoms with van der Waals surface area (Å²) in [5.74, 6) is -0.942. The van der Waals surface area contributed by atoms with Crippen molar-refractivity contribution < 1.29 is 18.7 Å². The second kappa shape index (κ2) is 7.73. The zero-order valence-corrected chi connectivity index (χ0v) is 16.7. The van der Waals surface area contributed by atoms with E-state index in [9.17, 15) is 14.0 Å². The van der Waals surface area contributed by atoms with Crippen molar-refractivity contribution in [1.29, 1.82) is 0 Å². The zero-order valence-electron chi connectivity index (χ0n) is 16.7. The first-order valence-electron chi connectivity index (χ1n) is 9.79. The summed E-state index contributed by atoms with van der Waals surface area (Å²) in [6.45, 7) is 7.30. The summed E-state index contributed by atoms with van der Waals surface area (Å²) >= 11 is 0. The van der Waals surface area contributed by atoms with Gasteiger partial charge in [0.1, 0.15) is 12.4 Å². The Morgan fingerprint density at radius 1 is 1.00 bits per heavy atom. The van der Waals surface area contributed by atoms with E-state index < -0.39 is 11.9 Å². The second-order valence-corrected chi connectivity index (χ2v) is 7.50. The molecule has 2 aliphatic rings. The van der Waals surface area contributed by atoms with E-state index in [-0.39, 0.29) is 18.1 Å². The van der Waals surface area contributed by atoms with Crippen LogP contribution in [0.1, 0.15) is 21.5 Å². The number of hydrogen-bond acceptors (Lipinski definition) is 4. The Morgan fingerprint density at radius 2 is 1.76 bits per heavy atom. The van der Waals surface area contributed by atoms with E-state index in [2.05, 4.69) is 36.9 Å². The Morgan fingerprint density at radius 3 is 2.38 bits per heavy atom. The van der Waals surface area contributed by atoms with Gasteiger partial charge in [-0.2, -0.15) is 0 Å². The van der Waals surface area contributed by atoms with E-state index in [1.807, 2.05) is 0 Å². The lowest BCUT2D eigenvalue weighted by atomic mass is 10.1. The van der Waals surface area contributed by atoms with Gasteiger partial charge in [-0.3, -0.25) is 9.69 Å². The fourth-order valence-electron chi connectivity index (χ4n) is 3.95. The summed E-state index contributed by atoms with van der Waals surface area (Å²) in [6.07, 6.45) is -0.494. The quantitative estimate of drug-likeness (QED) is 0.797. The standard InChI is InChI=1S/C22H24FN3O3/c1-15-3-6-20(16(2)13-15)24-7-9-25(10-8-24)21(27)18-5-4-17(14-19(18)23)26-11-12-29-22(26)28/h3-6,13-14H,7-12H2,1-2H3. The van der Waals surface area contributed by atoms with Gasteiger partial charge in [0.15, 0.2) is 0 Å². The number of rotatable bonds is 3. The van der Waals surface area contributed by atoms with Gasteiger partial charge in [0.25, 0.3) is 5.91 Å². The number of aryl methyl sites for hydroxylation is 2.